The predicted molar refractivity (Wildman–Crippen MR) is 125 cm³/mol. The molecule has 0 amide bonds. The van der Waals surface area contributed by atoms with Crippen LogP contribution >= 0.6 is 22.9 Å². The smallest absolute Gasteiger partial charge is 0.269 e. The lowest BCUT2D eigenvalue weighted by molar-refractivity contribution is -0.0259. The number of hydrogen-bond donors (Lipinski definition) is 3. The fourth-order valence-electron chi connectivity index (χ4n) is 3.09. The number of sulfonamides is 1. The number of phenols is 1. The number of thiophene rings is 1. The van der Waals surface area contributed by atoms with Crippen molar-refractivity contribution in [3.63, 3.8) is 0 Å². The van der Waals surface area contributed by atoms with Gasteiger partial charge >= 0.3 is 0 Å². The first-order chi connectivity index (χ1) is 15.0. The molecule has 0 aliphatic carbocycles. The van der Waals surface area contributed by atoms with Crippen LogP contribution in [0.1, 0.15) is 29.1 Å². The van der Waals surface area contributed by atoms with Crippen molar-refractivity contribution < 1.29 is 18.4 Å². The quantitative estimate of drug-likeness (QED) is 0.232. The van der Waals surface area contributed by atoms with Crippen LogP contribution in [0.4, 0.5) is 17.1 Å². The molecule has 9 nitrogen and oxygen atoms in total. The molecule has 3 aromatic rings. The first-order valence-corrected chi connectivity index (χ1v) is 12.1. The summed E-state index contributed by atoms with van der Waals surface area (Å²) in [5.74, 6) is -0.707. The Kier molecular flexibility index (Phi) is 6.96. The van der Waals surface area contributed by atoms with Crippen molar-refractivity contribution in [1.29, 1.82) is 0 Å². The van der Waals surface area contributed by atoms with Gasteiger partial charge in [0.15, 0.2) is 5.75 Å². The summed E-state index contributed by atoms with van der Waals surface area (Å²) in [6.07, 6.45) is 0.663. The van der Waals surface area contributed by atoms with Crippen molar-refractivity contribution in [2.75, 3.05) is 24.8 Å². The molecule has 32 heavy (non-hydrogen) atoms. The zero-order valence-corrected chi connectivity index (χ0v) is 20.1. The maximum absolute atomic E-state index is 12.6. The van der Waals surface area contributed by atoms with E-state index < -0.39 is 31.5 Å². The average molecular weight is 500 g/mol. The van der Waals surface area contributed by atoms with Gasteiger partial charge in [-0.25, -0.2) is 8.42 Å². The maximum atomic E-state index is 12.6. The molecule has 3 N–H and O–H groups in total. The van der Waals surface area contributed by atoms with Gasteiger partial charge in [-0.3, -0.25) is 14.4 Å². The Bertz CT molecular complexity index is 1330. The summed E-state index contributed by atoms with van der Waals surface area (Å²) in [4.78, 5) is 30.7. The van der Waals surface area contributed by atoms with Crippen molar-refractivity contribution in [3.05, 3.63) is 59.5 Å². The second-order valence-electron chi connectivity index (χ2n) is 6.96. The zero-order chi connectivity index (χ0) is 23.8. The van der Waals surface area contributed by atoms with E-state index in [0.29, 0.717) is 10.9 Å². The number of rotatable bonds is 9. The fourth-order valence-corrected chi connectivity index (χ4v) is 5.67. The van der Waals surface area contributed by atoms with Gasteiger partial charge in [-0.15, -0.1) is 11.3 Å². The second-order valence-corrected chi connectivity index (χ2v) is 10.6. The molecule has 0 aliphatic rings. The highest BCUT2D eigenvalue weighted by atomic mass is 35.5. The third-order valence-corrected chi connectivity index (χ3v) is 8.24. The van der Waals surface area contributed by atoms with Crippen LogP contribution < -0.4 is 21.5 Å². The van der Waals surface area contributed by atoms with Gasteiger partial charge in [0, 0.05) is 16.8 Å². The largest absolute Gasteiger partial charge is 0.504 e. The molecule has 0 radical (unpaired) electrons. The molecule has 1 aromatic heterocycles. The standard InChI is InChI=1S/C20H22ClN3O6S2/c1-5-12(14-9-6-10(2)31-14)22-15-16(19(27)18(15)26)23-13-8-7-11(21)20(17(13)25)32(28,29)24(3)30-4/h6-9,12,22-23,25H,5H2,1-4H3. The summed E-state index contributed by atoms with van der Waals surface area (Å²) >= 11 is 7.59. The Morgan fingerprint density at radius 2 is 1.84 bits per heavy atom. The Labute approximate surface area is 193 Å². The van der Waals surface area contributed by atoms with Crippen molar-refractivity contribution in [2.45, 2.75) is 31.2 Å². The van der Waals surface area contributed by atoms with Gasteiger partial charge < -0.3 is 15.7 Å². The van der Waals surface area contributed by atoms with Gasteiger partial charge in [0.1, 0.15) is 16.3 Å². The number of anilines is 3. The molecule has 2 aromatic carbocycles. The summed E-state index contributed by atoms with van der Waals surface area (Å²) in [6, 6.07) is 6.29. The molecule has 0 saturated carbocycles. The first-order valence-electron chi connectivity index (χ1n) is 9.50. The van der Waals surface area contributed by atoms with Crippen molar-refractivity contribution in [2.24, 2.45) is 0 Å². The summed E-state index contributed by atoms with van der Waals surface area (Å²) < 4.78 is 25.8. The SMILES string of the molecule is CCC(Nc1c(Nc2ccc(Cl)c(S(=O)(=O)N(C)OC)c2O)c(=O)c1=O)c1ccc(C)s1. The van der Waals surface area contributed by atoms with Crippen LogP contribution in [0, 0.1) is 6.92 Å². The van der Waals surface area contributed by atoms with Crippen LogP contribution in [0.3, 0.4) is 0 Å². The summed E-state index contributed by atoms with van der Waals surface area (Å²) in [6.45, 7) is 3.92. The number of hydrogen-bond acceptors (Lipinski definition) is 9. The lowest BCUT2D eigenvalue weighted by Crippen LogP contribution is -2.37. The van der Waals surface area contributed by atoms with Gasteiger partial charge in [-0.1, -0.05) is 23.0 Å². The van der Waals surface area contributed by atoms with Crippen LogP contribution in [0.2, 0.25) is 5.02 Å². The third-order valence-electron chi connectivity index (χ3n) is 4.94. The van der Waals surface area contributed by atoms with Crippen molar-refractivity contribution in [3.8, 4) is 5.75 Å². The molecule has 172 valence electrons. The Hall–Kier alpha value is -2.44. The van der Waals surface area contributed by atoms with Crippen molar-refractivity contribution >= 4 is 50.0 Å². The minimum absolute atomic E-state index is 0.0669. The molecule has 1 heterocycles. The van der Waals surface area contributed by atoms with Gasteiger partial charge in [-0.05, 0) is 37.6 Å². The predicted octanol–water partition coefficient (Wildman–Crippen LogP) is 3.50. The van der Waals surface area contributed by atoms with E-state index >= 15 is 0 Å². The molecule has 1 atom stereocenters. The van der Waals surface area contributed by atoms with Crippen LogP contribution in [-0.4, -0.2) is 32.2 Å². The number of aromatic hydroxyl groups is 1. The number of nitrogens with zero attached hydrogens (tertiary/aromatic N) is 1. The van der Waals surface area contributed by atoms with E-state index in [4.69, 9.17) is 16.4 Å². The molecule has 0 aliphatic heterocycles. The zero-order valence-electron chi connectivity index (χ0n) is 17.7. The Balaban J connectivity index is 1.98. The number of halogens is 1. The average Bonchev–Trinajstić information content (AvgIpc) is 3.19. The topological polar surface area (TPSA) is 125 Å². The number of hydroxylamine groups is 1. The number of aryl methyl sites for hydroxylation is 1. The van der Waals surface area contributed by atoms with E-state index in [9.17, 15) is 23.1 Å². The van der Waals surface area contributed by atoms with Crippen LogP contribution in [0.25, 0.3) is 0 Å². The lowest BCUT2D eigenvalue weighted by Gasteiger charge is -2.22. The Morgan fingerprint density at radius 1 is 1.19 bits per heavy atom. The highest BCUT2D eigenvalue weighted by Crippen LogP contribution is 2.40. The second kappa shape index (κ2) is 9.20. The minimum atomic E-state index is -4.28. The summed E-state index contributed by atoms with van der Waals surface area (Å²) in [5, 5.41) is 16.1. The van der Waals surface area contributed by atoms with Gasteiger partial charge in [0.25, 0.3) is 20.9 Å². The number of benzene rings is 1. The molecule has 1 unspecified atom stereocenters. The van der Waals surface area contributed by atoms with E-state index in [2.05, 4.69) is 10.6 Å². The molecule has 12 heteroatoms. The normalized spacial score (nSPS) is 12.9. The van der Waals surface area contributed by atoms with E-state index in [-0.39, 0.29) is 28.1 Å². The molecule has 0 bridgehead atoms. The number of phenolic OH excluding ortho intramolecular Hbond substituents is 1. The third kappa shape index (κ3) is 4.26. The molecule has 3 rings (SSSR count). The lowest BCUT2D eigenvalue weighted by atomic mass is 10.1. The monoisotopic (exact) mass is 499 g/mol. The van der Waals surface area contributed by atoms with E-state index in [1.54, 1.807) is 11.3 Å². The maximum Gasteiger partial charge on any atom is 0.269 e. The highest BCUT2D eigenvalue weighted by Gasteiger charge is 2.31. The molecule has 0 spiro atoms. The Morgan fingerprint density at radius 3 is 2.41 bits per heavy atom. The minimum Gasteiger partial charge on any atom is -0.504 e. The molecule has 0 saturated heterocycles. The van der Waals surface area contributed by atoms with E-state index in [1.165, 1.54) is 12.1 Å². The molecule has 0 fully saturated rings. The van der Waals surface area contributed by atoms with E-state index in [1.807, 2.05) is 26.0 Å². The van der Waals surface area contributed by atoms with E-state index in [0.717, 1.165) is 23.9 Å². The number of nitrogens with one attached hydrogen (secondary N) is 2. The fraction of sp³-hybridized carbons (Fsp3) is 0.300. The molecular weight excluding hydrogens is 478 g/mol. The molecular formula is C20H22ClN3O6S2. The first kappa shape index (κ1) is 24.2. The van der Waals surface area contributed by atoms with Crippen LogP contribution in [0.15, 0.2) is 38.8 Å². The van der Waals surface area contributed by atoms with Gasteiger partial charge in [-0.2, -0.15) is 0 Å². The van der Waals surface area contributed by atoms with Crippen LogP contribution in [-0.2, 0) is 14.9 Å². The summed E-state index contributed by atoms with van der Waals surface area (Å²) in [5.41, 5.74) is -1.58. The highest BCUT2D eigenvalue weighted by molar-refractivity contribution is 7.89. The van der Waals surface area contributed by atoms with Gasteiger partial charge in [0.05, 0.1) is 23.9 Å². The summed E-state index contributed by atoms with van der Waals surface area (Å²) in [7, 11) is -2.00. The van der Waals surface area contributed by atoms with Gasteiger partial charge in [0.2, 0.25) is 0 Å². The van der Waals surface area contributed by atoms with Crippen LogP contribution in [0.5, 0.6) is 5.75 Å². The van der Waals surface area contributed by atoms with Crippen molar-refractivity contribution in [1.82, 2.24) is 4.47 Å².